The number of hydrogen-bond donors (Lipinski definition) is 0. The van der Waals surface area contributed by atoms with Crippen molar-refractivity contribution in [2.75, 3.05) is 20.2 Å². The fourth-order valence-corrected chi connectivity index (χ4v) is 3.94. The molecule has 150 valence electrons. The van der Waals surface area contributed by atoms with Gasteiger partial charge in [-0.05, 0) is 50.1 Å². The topological polar surface area (TPSA) is 77.3 Å². The van der Waals surface area contributed by atoms with Crippen molar-refractivity contribution < 1.29 is 14.3 Å². The van der Waals surface area contributed by atoms with Gasteiger partial charge in [-0.1, -0.05) is 0 Å². The minimum Gasteiger partial charge on any atom is -0.497 e. The second-order valence-corrected chi connectivity index (χ2v) is 7.46. The fourth-order valence-electron chi connectivity index (χ4n) is 3.94. The Morgan fingerprint density at radius 1 is 1.10 bits per heavy atom. The predicted molar refractivity (Wildman–Crippen MR) is 109 cm³/mol. The smallest absolute Gasteiger partial charge is 0.255 e. The molecule has 4 rings (SSSR count). The molecule has 0 bridgehead atoms. The molecule has 0 unspecified atom stereocenters. The summed E-state index contributed by atoms with van der Waals surface area (Å²) in [6.07, 6.45) is 2.94. The molecule has 1 saturated heterocycles. The van der Waals surface area contributed by atoms with Gasteiger partial charge in [-0.3, -0.25) is 14.3 Å². The van der Waals surface area contributed by atoms with Crippen LogP contribution < -0.4 is 4.74 Å². The molecule has 0 radical (unpaired) electrons. The van der Waals surface area contributed by atoms with Crippen LogP contribution in [0.3, 0.4) is 0 Å². The zero-order chi connectivity index (χ0) is 20.5. The number of likely N-dealkylation sites (tertiary alicyclic amines) is 1. The van der Waals surface area contributed by atoms with Gasteiger partial charge in [0.1, 0.15) is 5.75 Å². The highest BCUT2D eigenvalue weighted by Crippen LogP contribution is 2.25. The Labute approximate surface area is 169 Å². The average Bonchev–Trinajstić information content (AvgIpc) is 3.06. The summed E-state index contributed by atoms with van der Waals surface area (Å²) in [6.45, 7) is 3.04. The number of methoxy groups -OCH3 is 1. The van der Waals surface area contributed by atoms with E-state index in [4.69, 9.17) is 4.74 Å². The standard InChI is InChI=1S/C22H24N4O3/c1-14-19-12-17(13-23-21(19)25(2)24-14)22(28)26-10-8-16(9-11-26)20(27)15-4-6-18(29-3)7-5-15/h4-7,12-13,16H,8-11H2,1-3H3. The lowest BCUT2D eigenvalue weighted by Crippen LogP contribution is -2.40. The summed E-state index contributed by atoms with van der Waals surface area (Å²) >= 11 is 0. The van der Waals surface area contributed by atoms with E-state index in [1.165, 1.54) is 0 Å². The maximum Gasteiger partial charge on any atom is 0.255 e. The van der Waals surface area contributed by atoms with E-state index in [-0.39, 0.29) is 17.6 Å². The summed E-state index contributed by atoms with van der Waals surface area (Å²) in [5.74, 6) is 0.761. The monoisotopic (exact) mass is 392 g/mol. The maximum atomic E-state index is 12.9. The number of carbonyl (C=O) groups is 2. The number of nitrogens with zero attached hydrogens (tertiary/aromatic N) is 4. The van der Waals surface area contributed by atoms with E-state index in [2.05, 4.69) is 10.1 Å². The first kappa shape index (κ1) is 19.1. The highest BCUT2D eigenvalue weighted by Gasteiger charge is 2.28. The molecular weight excluding hydrogens is 368 g/mol. The number of amides is 1. The Balaban J connectivity index is 1.43. The lowest BCUT2D eigenvalue weighted by atomic mass is 9.88. The number of ketones is 1. The first-order chi connectivity index (χ1) is 14.0. The molecule has 1 aliphatic heterocycles. The molecule has 0 spiro atoms. The molecule has 3 aromatic rings. The number of pyridine rings is 1. The van der Waals surface area contributed by atoms with Crippen molar-refractivity contribution in [3.05, 3.63) is 53.3 Å². The summed E-state index contributed by atoms with van der Waals surface area (Å²) in [7, 11) is 3.45. The van der Waals surface area contributed by atoms with Crippen LogP contribution in [-0.4, -0.2) is 51.6 Å². The highest BCUT2D eigenvalue weighted by atomic mass is 16.5. The van der Waals surface area contributed by atoms with Crippen LogP contribution >= 0.6 is 0 Å². The summed E-state index contributed by atoms with van der Waals surface area (Å²) < 4.78 is 6.86. The number of piperidine rings is 1. The lowest BCUT2D eigenvalue weighted by molar-refractivity contribution is 0.0650. The van der Waals surface area contributed by atoms with Gasteiger partial charge >= 0.3 is 0 Å². The van der Waals surface area contributed by atoms with Crippen molar-refractivity contribution in [2.24, 2.45) is 13.0 Å². The number of ether oxygens (including phenoxy) is 1. The maximum absolute atomic E-state index is 12.9. The molecule has 7 heteroatoms. The first-order valence-electron chi connectivity index (χ1n) is 9.75. The molecule has 0 atom stereocenters. The van der Waals surface area contributed by atoms with E-state index in [1.54, 1.807) is 42.3 Å². The van der Waals surface area contributed by atoms with Gasteiger partial charge in [0, 0.05) is 43.2 Å². The third kappa shape index (κ3) is 3.60. The summed E-state index contributed by atoms with van der Waals surface area (Å²) in [4.78, 5) is 31.9. The van der Waals surface area contributed by atoms with Crippen LogP contribution in [0.1, 0.15) is 39.3 Å². The van der Waals surface area contributed by atoms with E-state index in [9.17, 15) is 9.59 Å². The Morgan fingerprint density at radius 2 is 1.79 bits per heavy atom. The normalized spacial score (nSPS) is 14.9. The van der Waals surface area contributed by atoms with Crippen molar-refractivity contribution in [2.45, 2.75) is 19.8 Å². The Hall–Kier alpha value is -3.22. The number of benzene rings is 1. The van der Waals surface area contributed by atoms with Gasteiger partial charge in [0.2, 0.25) is 0 Å². The van der Waals surface area contributed by atoms with Gasteiger partial charge in [0.15, 0.2) is 11.4 Å². The number of carbonyl (C=O) groups excluding carboxylic acids is 2. The molecule has 7 nitrogen and oxygen atoms in total. The van der Waals surface area contributed by atoms with Gasteiger partial charge in [0.25, 0.3) is 5.91 Å². The lowest BCUT2D eigenvalue weighted by Gasteiger charge is -2.31. The number of aromatic nitrogens is 3. The van der Waals surface area contributed by atoms with Crippen molar-refractivity contribution in [1.29, 1.82) is 0 Å². The highest BCUT2D eigenvalue weighted by molar-refractivity contribution is 5.99. The van der Waals surface area contributed by atoms with Gasteiger partial charge in [-0.2, -0.15) is 5.10 Å². The quantitative estimate of drug-likeness (QED) is 0.638. The molecule has 1 aromatic carbocycles. The average molecular weight is 392 g/mol. The van der Waals surface area contributed by atoms with E-state index in [0.717, 1.165) is 22.5 Å². The van der Waals surface area contributed by atoms with E-state index >= 15 is 0 Å². The second kappa shape index (κ2) is 7.66. The predicted octanol–water partition coefficient (Wildman–Crippen LogP) is 3.02. The number of fused-ring (bicyclic) bond motifs is 1. The minimum atomic E-state index is -0.0615. The minimum absolute atomic E-state index is 0.0435. The van der Waals surface area contributed by atoms with Crippen molar-refractivity contribution in [3.63, 3.8) is 0 Å². The molecule has 1 fully saturated rings. The van der Waals surface area contributed by atoms with E-state index < -0.39 is 0 Å². The summed E-state index contributed by atoms with van der Waals surface area (Å²) in [5, 5.41) is 5.25. The third-order valence-corrected chi connectivity index (χ3v) is 5.64. The molecule has 1 aliphatic rings. The zero-order valence-corrected chi connectivity index (χ0v) is 16.9. The Kier molecular flexibility index (Phi) is 5.05. The van der Waals surface area contributed by atoms with Crippen LogP contribution in [0.25, 0.3) is 11.0 Å². The Morgan fingerprint density at radius 3 is 2.45 bits per heavy atom. The van der Waals surface area contributed by atoms with Gasteiger partial charge < -0.3 is 9.64 Å². The van der Waals surface area contributed by atoms with Crippen LogP contribution in [0.2, 0.25) is 0 Å². The molecule has 3 heterocycles. The summed E-state index contributed by atoms with van der Waals surface area (Å²) in [5.41, 5.74) is 2.88. The molecule has 29 heavy (non-hydrogen) atoms. The fraction of sp³-hybridized carbons (Fsp3) is 0.364. The van der Waals surface area contributed by atoms with Gasteiger partial charge in [-0.25, -0.2) is 4.98 Å². The van der Waals surface area contributed by atoms with Crippen molar-refractivity contribution >= 4 is 22.7 Å². The zero-order valence-electron chi connectivity index (χ0n) is 16.9. The Bertz CT molecular complexity index is 1060. The largest absolute Gasteiger partial charge is 0.497 e. The molecule has 1 amide bonds. The molecule has 0 saturated carbocycles. The van der Waals surface area contributed by atoms with Crippen LogP contribution in [0.5, 0.6) is 5.75 Å². The number of Topliss-reactive ketones (excluding diaryl/α,β-unsaturated/α-hetero) is 1. The van der Waals surface area contributed by atoms with Crippen LogP contribution in [0.4, 0.5) is 0 Å². The van der Waals surface area contributed by atoms with Gasteiger partial charge in [-0.15, -0.1) is 0 Å². The van der Waals surface area contributed by atoms with E-state index in [0.29, 0.717) is 37.1 Å². The summed E-state index contributed by atoms with van der Waals surface area (Å²) in [6, 6.07) is 9.07. The molecular formula is C22H24N4O3. The van der Waals surface area contributed by atoms with Gasteiger partial charge in [0.05, 0.1) is 18.4 Å². The molecule has 0 N–H and O–H groups in total. The first-order valence-corrected chi connectivity index (χ1v) is 9.75. The van der Waals surface area contributed by atoms with Crippen LogP contribution in [0, 0.1) is 12.8 Å². The SMILES string of the molecule is COc1ccc(C(=O)C2CCN(C(=O)c3cnc4c(c3)c(C)nn4C)CC2)cc1. The second-order valence-electron chi connectivity index (χ2n) is 7.46. The van der Waals surface area contributed by atoms with E-state index in [1.807, 2.05) is 24.9 Å². The van der Waals surface area contributed by atoms with Crippen LogP contribution in [0.15, 0.2) is 36.5 Å². The molecule has 0 aliphatic carbocycles. The number of aryl methyl sites for hydroxylation is 2. The number of rotatable bonds is 4. The third-order valence-electron chi connectivity index (χ3n) is 5.64. The van der Waals surface area contributed by atoms with Crippen molar-refractivity contribution in [1.82, 2.24) is 19.7 Å². The number of hydrogen-bond acceptors (Lipinski definition) is 5. The molecule has 2 aromatic heterocycles. The van der Waals surface area contributed by atoms with Crippen molar-refractivity contribution in [3.8, 4) is 5.75 Å². The van der Waals surface area contributed by atoms with Crippen LogP contribution in [-0.2, 0) is 7.05 Å².